The van der Waals surface area contributed by atoms with Gasteiger partial charge in [0.15, 0.2) is 17.5 Å². The highest BCUT2D eigenvalue weighted by Crippen LogP contribution is 2.41. The zero-order chi connectivity index (χ0) is 36.3. The van der Waals surface area contributed by atoms with Crippen LogP contribution in [-0.4, -0.2) is 15.0 Å². The molecule has 0 aliphatic carbocycles. The highest BCUT2D eigenvalue weighted by atomic mass is 16.3. The molecule has 11 aromatic rings. The van der Waals surface area contributed by atoms with Gasteiger partial charge < -0.3 is 4.42 Å². The van der Waals surface area contributed by atoms with Crippen molar-refractivity contribution in [3.63, 3.8) is 0 Å². The van der Waals surface area contributed by atoms with Gasteiger partial charge in [-0.1, -0.05) is 170 Å². The van der Waals surface area contributed by atoms with Crippen molar-refractivity contribution in [1.29, 1.82) is 0 Å². The van der Waals surface area contributed by atoms with Crippen LogP contribution in [0.25, 0.3) is 111 Å². The summed E-state index contributed by atoms with van der Waals surface area (Å²) in [7, 11) is 0. The highest BCUT2D eigenvalue weighted by molar-refractivity contribution is 6.25. The quantitative estimate of drug-likeness (QED) is 0.168. The Hall–Kier alpha value is -7.43. The van der Waals surface area contributed by atoms with Crippen LogP contribution < -0.4 is 0 Å². The van der Waals surface area contributed by atoms with E-state index in [-0.39, 0.29) is 0 Å². The minimum absolute atomic E-state index is 0.567. The molecule has 0 saturated heterocycles. The van der Waals surface area contributed by atoms with E-state index in [1.165, 1.54) is 37.9 Å². The standard InChI is InChI=1S/C51H31N3O/c1-3-14-32(15-4-1)49-52-50(33-16-5-2-6-17-33)54-51(53-49)45-27-13-26-44-43-25-12-24-37(47(43)55-48(44)45)36-19-11-18-34(30-36)35-28-29-42-40-22-8-7-20-38(40)39-21-9-10-23-41(39)46(42)31-35/h1-31H. The lowest BCUT2D eigenvalue weighted by molar-refractivity contribution is 0.670. The van der Waals surface area contributed by atoms with Gasteiger partial charge in [0.1, 0.15) is 11.2 Å². The molecule has 2 heterocycles. The van der Waals surface area contributed by atoms with Gasteiger partial charge in [-0.2, -0.15) is 0 Å². The third-order valence-electron chi connectivity index (χ3n) is 10.7. The topological polar surface area (TPSA) is 51.8 Å². The van der Waals surface area contributed by atoms with Crippen molar-refractivity contribution in [1.82, 2.24) is 15.0 Å². The van der Waals surface area contributed by atoms with Crippen LogP contribution in [0.1, 0.15) is 0 Å². The summed E-state index contributed by atoms with van der Waals surface area (Å²) in [6.45, 7) is 0. The minimum Gasteiger partial charge on any atom is -0.455 e. The zero-order valence-electron chi connectivity index (χ0n) is 29.6. The molecule has 4 heteroatoms. The van der Waals surface area contributed by atoms with Crippen molar-refractivity contribution in [2.45, 2.75) is 0 Å². The van der Waals surface area contributed by atoms with Gasteiger partial charge >= 0.3 is 0 Å². The Morgan fingerprint density at radius 2 is 0.673 bits per heavy atom. The molecular weight excluding hydrogens is 671 g/mol. The number of fused-ring (bicyclic) bond motifs is 9. The lowest BCUT2D eigenvalue weighted by Gasteiger charge is -2.12. The van der Waals surface area contributed by atoms with Gasteiger partial charge in [0, 0.05) is 27.5 Å². The lowest BCUT2D eigenvalue weighted by Crippen LogP contribution is -2.00. The Bertz CT molecular complexity index is 3170. The Morgan fingerprint density at radius 3 is 1.29 bits per heavy atom. The van der Waals surface area contributed by atoms with Gasteiger partial charge in [-0.3, -0.25) is 0 Å². The SMILES string of the molecule is c1ccc(-c2nc(-c3ccccc3)nc(-c3cccc4c3oc3c(-c5cccc(-c6ccc7c8ccccc8c8ccccc8c7c6)c5)cccc34)n2)cc1. The molecule has 4 nitrogen and oxygen atoms in total. The van der Waals surface area contributed by atoms with E-state index >= 15 is 0 Å². The number of furan rings is 1. The molecule has 0 N–H and O–H groups in total. The van der Waals surface area contributed by atoms with E-state index in [4.69, 9.17) is 19.4 Å². The van der Waals surface area contributed by atoms with Gasteiger partial charge in [0.25, 0.3) is 0 Å². The number of hydrogen-bond donors (Lipinski definition) is 0. The first-order chi connectivity index (χ1) is 27.3. The van der Waals surface area contributed by atoms with Gasteiger partial charge in [-0.05, 0) is 67.2 Å². The zero-order valence-corrected chi connectivity index (χ0v) is 29.6. The van der Waals surface area contributed by atoms with E-state index in [0.717, 1.165) is 55.3 Å². The van der Waals surface area contributed by atoms with Crippen LogP contribution >= 0.6 is 0 Å². The van der Waals surface area contributed by atoms with E-state index in [0.29, 0.717) is 17.5 Å². The van der Waals surface area contributed by atoms with Gasteiger partial charge in [0.2, 0.25) is 0 Å². The summed E-state index contributed by atoms with van der Waals surface area (Å²) in [4.78, 5) is 14.9. The van der Waals surface area contributed by atoms with Crippen LogP contribution in [0, 0.1) is 0 Å². The van der Waals surface area contributed by atoms with Gasteiger partial charge in [0.05, 0.1) is 5.56 Å². The molecule has 0 aliphatic rings. The molecule has 2 aromatic heterocycles. The first-order valence-corrected chi connectivity index (χ1v) is 18.5. The van der Waals surface area contributed by atoms with Crippen LogP contribution in [0.4, 0.5) is 0 Å². The van der Waals surface area contributed by atoms with Crippen LogP contribution in [0.3, 0.4) is 0 Å². The van der Waals surface area contributed by atoms with Crippen LogP contribution in [0.5, 0.6) is 0 Å². The average molecular weight is 702 g/mol. The molecule has 0 spiro atoms. The van der Waals surface area contributed by atoms with E-state index in [2.05, 4.69) is 121 Å². The smallest absolute Gasteiger partial charge is 0.167 e. The lowest BCUT2D eigenvalue weighted by atomic mass is 9.91. The number of hydrogen-bond acceptors (Lipinski definition) is 4. The van der Waals surface area contributed by atoms with E-state index in [1.54, 1.807) is 0 Å². The molecule has 0 amide bonds. The number of nitrogens with zero attached hydrogens (tertiary/aromatic N) is 3. The molecule has 9 aromatic carbocycles. The van der Waals surface area contributed by atoms with Gasteiger partial charge in [-0.25, -0.2) is 15.0 Å². The molecular formula is C51H31N3O. The maximum atomic E-state index is 6.91. The second-order valence-electron chi connectivity index (χ2n) is 13.9. The molecule has 11 rings (SSSR count). The summed E-state index contributed by atoms with van der Waals surface area (Å²) in [6, 6.07) is 65.8. The van der Waals surface area contributed by atoms with Gasteiger partial charge in [-0.15, -0.1) is 0 Å². The molecule has 0 fully saturated rings. The van der Waals surface area contributed by atoms with Crippen molar-refractivity contribution >= 4 is 54.3 Å². The second-order valence-corrected chi connectivity index (χ2v) is 13.9. The molecule has 0 aliphatic heterocycles. The molecule has 256 valence electrons. The maximum Gasteiger partial charge on any atom is 0.167 e. The normalized spacial score (nSPS) is 11.6. The Kier molecular flexibility index (Phi) is 7.14. The monoisotopic (exact) mass is 701 g/mol. The first kappa shape index (κ1) is 31.1. The number of para-hydroxylation sites is 2. The summed E-state index contributed by atoms with van der Waals surface area (Å²) in [5, 5.41) is 9.68. The van der Waals surface area contributed by atoms with Crippen molar-refractivity contribution < 1.29 is 4.42 Å². The molecule has 0 unspecified atom stereocenters. The number of aromatic nitrogens is 3. The van der Waals surface area contributed by atoms with Crippen LogP contribution in [-0.2, 0) is 0 Å². The molecule has 0 radical (unpaired) electrons. The summed E-state index contributed by atoms with van der Waals surface area (Å²) in [5.74, 6) is 1.80. The molecule has 0 atom stereocenters. The second kappa shape index (κ2) is 12.6. The fraction of sp³-hybridized carbons (Fsp3) is 0. The third-order valence-corrected chi connectivity index (χ3v) is 10.7. The summed E-state index contributed by atoms with van der Waals surface area (Å²) >= 11 is 0. The van der Waals surface area contributed by atoms with Crippen LogP contribution in [0.2, 0.25) is 0 Å². The molecule has 0 saturated carbocycles. The summed E-state index contributed by atoms with van der Waals surface area (Å²) < 4.78 is 6.91. The fourth-order valence-corrected chi connectivity index (χ4v) is 8.11. The predicted molar refractivity (Wildman–Crippen MR) is 227 cm³/mol. The van der Waals surface area contributed by atoms with Crippen molar-refractivity contribution in [3.8, 4) is 56.4 Å². The minimum atomic E-state index is 0.567. The fourth-order valence-electron chi connectivity index (χ4n) is 8.11. The summed E-state index contributed by atoms with van der Waals surface area (Å²) in [5.41, 5.74) is 8.70. The van der Waals surface area contributed by atoms with Crippen molar-refractivity contribution in [3.05, 3.63) is 188 Å². The van der Waals surface area contributed by atoms with E-state index in [1.807, 2.05) is 66.7 Å². The Balaban J connectivity index is 1.06. The number of rotatable bonds is 5. The number of benzene rings is 9. The van der Waals surface area contributed by atoms with Crippen molar-refractivity contribution in [2.75, 3.05) is 0 Å². The van der Waals surface area contributed by atoms with Crippen molar-refractivity contribution in [2.24, 2.45) is 0 Å². The third kappa shape index (κ3) is 5.19. The summed E-state index contributed by atoms with van der Waals surface area (Å²) in [6.07, 6.45) is 0. The maximum absolute atomic E-state index is 6.91. The molecule has 55 heavy (non-hydrogen) atoms. The predicted octanol–water partition coefficient (Wildman–Crippen LogP) is 13.6. The highest BCUT2D eigenvalue weighted by Gasteiger charge is 2.20. The Morgan fingerprint density at radius 1 is 0.255 bits per heavy atom. The molecule has 0 bridgehead atoms. The average Bonchev–Trinajstić information content (AvgIpc) is 3.66. The largest absolute Gasteiger partial charge is 0.455 e. The van der Waals surface area contributed by atoms with E-state index < -0.39 is 0 Å². The van der Waals surface area contributed by atoms with Crippen LogP contribution in [0.15, 0.2) is 192 Å². The first-order valence-electron chi connectivity index (χ1n) is 18.5. The van der Waals surface area contributed by atoms with E-state index in [9.17, 15) is 0 Å². The Labute approximate surface area is 317 Å².